The highest BCUT2D eigenvalue weighted by Crippen LogP contribution is 2.21. The van der Waals surface area contributed by atoms with Gasteiger partial charge in [-0.15, -0.1) is 0 Å². The average molecular weight is 429 g/mol. The van der Waals surface area contributed by atoms with Gasteiger partial charge < -0.3 is 15.0 Å². The van der Waals surface area contributed by atoms with Gasteiger partial charge in [0.25, 0.3) is 5.91 Å². The van der Waals surface area contributed by atoms with E-state index in [1.54, 1.807) is 24.3 Å². The summed E-state index contributed by atoms with van der Waals surface area (Å²) in [7, 11) is 0. The molecule has 2 N–H and O–H groups in total. The number of aryl methyl sites for hydroxylation is 1. The summed E-state index contributed by atoms with van der Waals surface area (Å²) in [5.74, 6) is 0.360. The summed E-state index contributed by atoms with van der Waals surface area (Å²) in [4.78, 5) is 26.9. The highest BCUT2D eigenvalue weighted by Gasteiger charge is 2.08. The molecule has 6 heteroatoms. The molecule has 0 spiro atoms. The van der Waals surface area contributed by atoms with E-state index in [1.165, 1.54) is 0 Å². The van der Waals surface area contributed by atoms with Crippen LogP contribution >= 0.6 is 15.9 Å². The molecule has 5 nitrogen and oxygen atoms in total. The molecule has 0 aliphatic carbocycles. The maximum atomic E-state index is 12.1. The summed E-state index contributed by atoms with van der Waals surface area (Å²) in [6, 6.07) is 14.5. The fourth-order valence-electron chi connectivity index (χ4n) is 2.86. The van der Waals surface area contributed by atoms with E-state index in [0.717, 1.165) is 40.2 Å². The third-order valence-electron chi connectivity index (χ3n) is 4.20. The molecule has 27 heavy (non-hydrogen) atoms. The molecule has 0 atom stereocenters. The van der Waals surface area contributed by atoms with E-state index < -0.39 is 0 Å². The molecule has 0 unspecified atom stereocenters. The number of anilines is 1. The Morgan fingerprint density at radius 1 is 1.15 bits per heavy atom. The Kier molecular flexibility index (Phi) is 6.29. The summed E-state index contributed by atoms with van der Waals surface area (Å²) >= 11 is 3.35. The number of hydrogen-bond donors (Lipinski definition) is 2. The zero-order valence-corrected chi connectivity index (χ0v) is 16.6. The largest absolute Gasteiger partial charge is 0.484 e. The Balaban J connectivity index is 1.70. The van der Waals surface area contributed by atoms with Gasteiger partial charge in [0.05, 0.1) is 5.52 Å². The molecule has 140 valence electrons. The molecule has 1 amide bonds. The van der Waals surface area contributed by atoms with E-state index in [4.69, 9.17) is 4.74 Å². The molecule has 0 bridgehead atoms. The number of amides is 1. The third-order valence-corrected chi connectivity index (χ3v) is 4.72. The maximum Gasteiger partial charge on any atom is 0.262 e. The first-order chi connectivity index (χ1) is 13.0. The Labute approximate surface area is 165 Å². The van der Waals surface area contributed by atoms with Crippen LogP contribution in [0.4, 0.5) is 5.69 Å². The quantitative estimate of drug-likeness (QED) is 0.575. The zero-order valence-electron chi connectivity index (χ0n) is 15.0. The summed E-state index contributed by atoms with van der Waals surface area (Å²) in [6.45, 7) is 2.03. The van der Waals surface area contributed by atoms with Crippen LogP contribution < -0.4 is 15.6 Å². The van der Waals surface area contributed by atoms with Gasteiger partial charge in [-0.3, -0.25) is 9.59 Å². The number of unbranched alkanes of at least 4 members (excludes halogenated alkanes) is 1. The minimum Gasteiger partial charge on any atom is -0.484 e. The molecule has 1 aromatic heterocycles. The first-order valence-corrected chi connectivity index (χ1v) is 9.68. The van der Waals surface area contributed by atoms with Crippen LogP contribution in [0.15, 0.2) is 57.8 Å². The molecule has 2 aromatic carbocycles. The fraction of sp³-hybridized carbons (Fsp3) is 0.238. The number of fused-ring (bicyclic) bond motifs is 1. The second-order valence-corrected chi connectivity index (χ2v) is 7.23. The molecule has 0 aliphatic heterocycles. The molecule has 0 saturated heterocycles. The Morgan fingerprint density at radius 3 is 2.67 bits per heavy atom. The monoisotopic (exact) mass is 428 g/mol. The second-order valence-electron chi connectivity index (χ2n) is 6.31. The first kappa shape index (κ1) is 19.2. The van der Waals surface area contributed by atoms with Gasteiger partial charge in [-0.1, -0.05) is 35.3 Å². The van der Waals surface area contributed by atoms with Gasteiger partial charge in [0, 0.05) is 21.6 Å². The van der Waals surface area contributed by atoms with Crippen LogP contribution in [0, 0.1) is 0 Å². The van der Waals surface area contributed by atoms with Gasteiger partial charge >= 0.3 is 0 Å². The molecule has 0 aliphatic rings. The highest BCUT2D eigenvalue weighted by atomic mass is 79.9. The fourth-order valence-corrected chi connectivity index (χ4v) is 3.13. The van der Waals surface area contributed by atoms with E-state index in [1.807, 2.05) is 24.3 Å². The third kappa shape index (κ3) is 5.20. The maximum absolute atomic E-state index is 12.1. The molecule has 0 fully saturated rings. The molecule has 1 heterocycles. The van der Waals surface area contributed by atoms with Crippen LogP contribution in [-0.2, 0) is 11.2 Å². The van der Waals surface area contributed by atoms with Gasteiger partial charge in [-0.05, 0) is 54.8 Å². The number of aromatic amines is 1. The summed E-state index contributed by atoms with van der Waals surface area (Å²) in [6.07, 6.45) is 2.97. The lowest BCUT2D eigenvalue weighted by atomic mass is 10.0. The van der Waals surface area contributed by atoms with Gasteiger partial charge in [0.1, 0.15) is 5.75 Å². The number of rotatable bonds is 7. The minimum atomic E-state index is -0.262. The predicted octanol–water partition coefficient (Wildman–Crippen LogP) is 4.65. The lowest BCUT2D eigenvalue weighted by molar-refractivity contribution is -0.118. The number of benzene rings is 2. The van der Waals surface area contributed by atoms with Crippen molar-refractivity contribution in [3.05, 3.63) is 68.9 Å². The second kappa shape index (κ2) is 8.86. The number of hydrogen-bond acceptors (Lipinski definition) is 3. The molecule has 3 rings (SSSR count). The van der Waals surface area contributed by atoms with Crippen LogP contribution in [0.3, 0.4) is 0 Å². The number of H-pyrrole nitrogens is 1. The van der Waals surface area contributed by atoms with Gasteiger partial charge in [0.2, 0.25) is 5.56 Å². The van der Waals surface area contributed by atoms with E-state index >= 15 is 0 Å². The van der Waals surface area contributed by atoms with Crippen LogP contribution in [0.25, 0.3) is 10.9 Å². The normalized spacial score (nSPS) is 10.7. The zero-order chi connectivity index (χ0) is 19.2. The Bertz CT molecular complexity index is 996. The van der Waals surface area contributed by atoms with Crippen molar-refractivity contribution in [2.24, 2.45) is 0 Å². The number of carbonyl (C=O) groups is 1. The van der Waals surface area contributed by atoms with Crippen molar-refractivity contribution in [2.45, 2.75) is 26.2 Å². The van der Waals surface area contributed by atoms with Crippen molar-refractivity contribution in [1.29, 1.82) is 0 Å². The Morgan fingerprint density at radius 2 is 1.93 bits per heavy atom. The van der Waals surface area contributed by atoms with Crippen molar-refractivity contribution < 1.29 is 9.53 Å². The van der Waals surface area contributed by atoms with Crippen molar-refractivity contribution in [3.8, 4) is 5.75 Å². The topological polar surface area (TPSA) is 71.2 Å². The summed E-state index contributed by atoms with van der Waals surface area (Å²) in [5.41, 5.74) is 2.25. The van der Waals surface area contributed by atoms with E-state index in [9.17, 15) is 9.59 Å². The number of nitrogens with one attached hydrogen (secondary N) is 2. The van der Waals surface area contributed by atoms with Gasteiger partial charge in [0.15, 0.2) is 6.61 Å². The van der Waals surface area contributed by atoms with E-state index in [2.05, 4.69) is 33.2 Å². The standard InChI is InChI=1S/C21H21BrN2O3/c1-2-3-4-14-11-20(25)24-19-12-16(7-10-18(14)19)23-21(26)13-27-17-8-5-15(22)6-9-17/h5-12H,2-4,13H2,1H3,(H,23,26)(H,24,25). The number of pyridine rings is 1. The number of halogens is 1. The van der Waals surface area contributed by atoms with E-state index in [-0.39, 0.29) is 18.1 Å². The van der Waals surface area contributed by atoms with Crippen molar-refractivity contribution in [3.63, 3.8) is 0 Å². The first-order valence-electron chi connectivity index (χ1n) is 8.89. The number of ether oxygens (including phenoxy) is 1. The van der Waals surface area contributed by atoms with E-state index in [0.29, 0.717) is 11.4 Å². The number of aromatic nitrogens is 1. The van der Waals surface area contributed by atoms with Crippen molar-refractivity contribution in [1.82, 2.24) is 4.98 Å². The Hall–Kier alpha value is -2.60. The molecular weight excluding hydrogens is 408 g/mol. The average Bonchev–Trinajstić information content (AvgIpc) is 2.65. The molecule has 0 saturated carbocycles. The van der Waals surface area contributed by atoms with Crippen LogP contribution in [0.1, 0.15) is 25.3 Å². The van der Waals surface area contributed by atoms with Crippen LogP contribution in [-0.4, -0.2) is 17.5 Å². The summed E-state index contributed by atoms with van der Waals surface area (Å²) in [5, 5.41) is 3.81. The lowest BCUT2D eigenvalue weighted by Crippen LogP contribution is -2.20. The molecular formula is C21H21BrN2O3. The minimum absolute atomic E-state index is 0.0905. The molecule has 3 aromatic rings. The van der Waals surface area contributed by atoms with Crippen molar-refractivity contribution >= 4 is 38.4 Å². The lowest BCUT2D eigenvalue weighted by Gasteiger charge is -2.10. The highest BCUT2D eigenvalue weighted by molar-refractivity contribution is 9.10. The van der Waals surface area contributed by atoms with Crippen LogP contribution in [0.2, 0.25) is 0 Å². The smallest absolute Gasteiger partial charge is 0.262 e. The number of carbonyl (C=O) groups excluding carboxylic acids is 1. The summed E-state index contributed by atoms with van der Waals surface area (Å²) < 4.78 is 6.42. The van der Waals surface area contributed by atoms with Gasteiger partial charge in [-0.25, -0.2) is 0 Å². The SMILES string of the molecule is CCCCc1cc(=O)[nH]c2cc(NC(=O)COc3ccc(Br)cc3)ccc12. The predicted molar refractivity (Wildman–Crippen MR) is 111 cm³/mol. The van der Waals surface area contributed by atoms with Gasteiger partial charge in [-0.2, -0.15) is 0 Å². The molecule has 0 radical (unpaired) electrons. The van der Waals surface area contributed by atoms with Crippen LogP contribution in [0.5, 0.6) is 5.75 Å². The van der Waals surface area contributed by atoms with Crippen molar-refractivity contribution in [2.75, 3.05) is 11.9 Å².